The first kappa shape index (κ1) is 34.1. The second-order valence-electron chi connectivity index (χ2n) is 17.9. The second-order valence-corrected chi connectivity index (χ2v) is 17.9. The van der Waals surface area contributed by atoms with Crippen LogP contribution in [0.2, 0.25) is 0 Å². The molecule has 0 bridgehead atoms. The van der Waals surface area contributed by atoms with Crippen LogP contribution in [0.15, 0.2) is 35.9 Å². The van der Waals surface area contributed by atoms with Gasteiger partial charge in [-0.25, -0.2) is 0 Å². The molecule has 5 aliphatic rings. The quantitative estimate of drug-likeness (QED) is 0.196. The van der Waals surface area contributed by atoms with Crippen molar-refractivity contribution in [2.45, 2.75) is 119 Å². The number of methoxy groups -OCH3 is 1. The Morgan fingerprint density at radius 3 is 2.30 bits per heavy atom. The van der Waals surface area contributed by atoms with E-state index in [2.05, 4.69) is 41.5 Å². The molecule has 0 radical (unpaired) electrons. The summed E-state index contributed by atoms with van der Waals surface area (Å²) in [5.41, 5.74) is 0.673. The van der Waals surface area contributed by atoms with E-state index in [-0.39, 0.29) is 62.6 Å². The fourth-order valence-corrected chi connectivity index (χ4v) is 11.7. The van der Waals surface area contributed by atoms with Gasteiger partial charge in [0.05, 0.1) is 18.6 Å². The van der Waals surface area contributed by atoms with Crippen LogP contribution in [-0.4, -0.2) is 35.9 Å². The van der Waals surface area contributed by atoms with E-state index in [1.54, 1.807) is 25.3 Å². The summed E-state index contributed by atoms with van der Waals surface area (Å²) in [6, 6.07) is 5.32. The summed E-state index contributed by atoms with van der Waals surface area (Å²) in [5.74, 6) is 1.12. The van der Waals surface area contributed by atoms with E-state index >= 15 is 0 Å². The predicted octanol–water partition coefficient (Wildman–Crippen LogP) is 8.54. The lowest BCUT2D eigenvalue weighted by Gasteiger charge is -2.70. The number of ketones is 2. The van der Waals surface area contributed by atoms with Gasteiger partial charge in [0.1, 0.15) is 0 Å². The third-order valence-electron chi connectivity index (χ3n) is 14.9. The number of allylic oxidation sites excluding steroid dienone is 3. The van der Waals surface area contributed by atoms with Gasteiger partial charge in [0.25, 0.3) is 0 Å². The lowest BCUT2D eigenvalue weighted by Crippen LogP contribution is -2.66. The van der Waals surface area contributed by atoms with Crippen molar-refractivity contribution in [2.75, 3.05) is 7.11 Å². The van der Waals surface area contributed by atoms with E-state index in [9.17, 15) is 19.5 Å². The molecule has 0 amide bonds. The fraction of sp³-hybridized carbons (Fsp3) is 0.683. The molecule has 0 saturated heterocycles. The van der Waals surface area contributed by atoms with Crippen LogP contribution >= 0.6 is 0 Å². The lowest BCUT2D eigenvalue weighted by atomic mass is 9.33. The average Bonchev–Trinajstić information content (AvgIpc) is 3.00. The minimum absolute atomic E-state index is 0.0229. The molecule has 256 valence electrons. The Morgan fingerprint density at radius 1 is 0.915 bits per heavy atom. The van der Waals surface area contributed by atoms with Gasteiger partial charge in [0.15, 0.2) is 23.1 Å². The van der Waals surface area contributed by atoms with Gasteiger partial charge in [-0.2, -0.15) is 0 Å². The molecule has 4 fully saturated rings. The standard InChI is InChI=1S/C41H56O6/c1-25(42)10-11-26-12-13-30(31(22-26)46-9)47-35(45)38(5)19-18-37(4)20-21-40(7)27(28(37)24-38)23-29(43)34-39(6)16-15-33(44)36(2,3)32(39)14-17-41(34,40)8/h10-13,22-23,28,32-34,44H,14-21,24H2,1-9H3/b11-10+/t28-,32-,33-,34+,37+,38-,39-,40+,41+/m0/s1. The normalized spacial score (nSPS) is 42.3. The average molecular weight is 645 g/mol. The monoisotopic (exact) mass is 644 g/mol. The van der Waals surface area contributed by atoms with E-state index in [4.69, 9.17) is 9.47 Å². The first-order chi connectivity index (χ1) is 21.8. The molecule has 0 aromatic heterocycles. The van der Waals surface area contributed by atoms with Crippen molar-refractivity contribution in [1.82, 2.24) is 0 Å². The molecule has 0 heterocycles. The zero-order valence-electron chi connectivity index (χ0n) is 30.1. The Hall–Kier alpha value is -2.73. The van der Waals surface area contributed by atoms with Gasteiger partial charge >= 0.3 is 5.97 Å². The summed E-state index contributed by atoms with van der Waals surface area (Å²) in [6.07, 6.45) is 13.0. The maximum Gasteiger partial charge on any atom is 0.317 e. The van der Waals surface area contributed by atoms with E-state index in [0.717, 1.165) is 56.9 Å². The molecule has 6 heteroatoms. The smallest absolute Gasteiger partial charge is 0.317 e. The maximum absolute atomic E-state index is 14.6. The second kappa shape index (κ2) is 11.1. The Morgan fingerprint density at radius 2 is 1.62 bits per heavy atom. The highest BCUT2D eigenvalue weighted by Gasteiger charge is 2.70. The largest absolute Gasteiger partial charge is 0.493 e. The molecule has 6 nitrogen and oxygen atoms in total. The Bertz CT molecular complexity index is 1550. The van der Waals surface area contributed by atoms with Crippen LogP contribution in [0.25, 0.3) is 6.08 Å². The molecular weight excluding hydrogens is 588 g/mol. The Labute approximate surface area is 281 Å². The highest BCUT2D eigenvalue weighted by molar-refractivity contribution is 5.96. The molecule has 5 aliphatic carbocycles. The fourth-order valence-electron chi connectivity index (χ4n) is 11.7. The number of aliphatic hydroxyl groups excluding tert-OH is 1. The van der Waals surface area contributed by atoms with Crippen molar-refractivity contribution in [3.05, 3.63) is 41.5 Å². The van der Waals surface area contributed by atoms with Crippen molar-refractivity contribution in [3.63, 3.8) is 0 Å². The number of benzene rings is 1. The molecule has 47 heavy (non-hydrogen) atoms. The van der Waals surface area contributed by atoms with E-state index < -0.39 is 5.41 Å². The Balaban J connectivity index is 1.32. The molecule has 9 atom stereocenters. The maximum atomic E-state index is 14.6. The number of rotatable bonds is 5. The molecule has 1 N–H and O–H groups in total. The molecule has 0 aliphatic heterocycles. The zero-order valence-corrected chi connectivity index (χ0v) is 30.1. The zero-order chi connectivity index (χ0) is 34.4. The van der Waals surface area contributed by atoms with Gasteiger partial charge in [-0.3, -0.25) is 14.4 Å². The molecule has 1 aromatic rings. The number of carbonyl (C=O) groups excluding carboxylic acids is 3. The van der Waals surface area contributed by atoms with E-state index in [1.807, 2.05) is 19.1 Å². The van der Waals surface area contributed by atoms with Crippen molar-refractivity contribution in [1.29, 1.82) is 0 Å². The lowest BCUT2D eigenvalue weighted by molar-refractivity contribution is -0.202. The van der Waals surface area contributed by atoms with Crippen molar-refractivity contribution < 1.29 is 29.0 Å². The molecule has 0 unspecified atom stereocenters. The summed E-state index contributed by atoms with van der Waals surface area (Å²) in [4.78, 5) is 40.1. The summed E-state index contributed by atoms with van der Waals surface area (Å²) >= 11 is 0. The van der Waals surface area contributed by atoms with Gasteiger partial charge < -0.3 is 14.6 Å². The predicted molar refractivity (Wildman–Crippen MR) is 184 cm³/mol. The summed E-state index contributed by atoms with van der Waals surface area (Å²) in [7, 11) is 1.55. The molecule has 6 rings (SSSR count). The van der Waals surface area contributed by atoms with Crippen LogP contribution in [0.1, 0.15) is 119 Å². The van der Waals surface area contributed by atoms with Gasteiger partial charge in [-0.15, -0.1) is 0 Å². The van der Waals surface area contributed by atoms with Crippen LogP contribution in [0.4, 0.5) is 0 Å². The number of aliphatic hydroxyl groups is 1. The van der Waals surface area contributed by atoms with Crippen molar-refractivity contribution >= 4 is 23.6 Å². The topological polar surface area (TPSA) is 89.9 Å². The molecule has 1 aromatic carbocycles. The summed E-state index contributed by atoms with van der Waals surface area (Å²) in [6.45, 7) is 17.5. The first-order valence-corrected chi connectivity index (χ1v) is 17.9. The number of esters is 1. The first-order valence-electron chi connectivity index (χ1n) is 17.9. The third-order valence-corrected chi connectivity index (χ3v) is 14.9. The van der Waals surface area contributed by atoms with Gasteiger partial charge in [-0.1, -0.05) is 59.3 Å². The van der Waals surface area contributed by atoms with Crippen LogP contribution in [0, 0.1) is 50.2 Å². The van der Waals surface area contributed by atoms with Crippen LogP contribution < -0.4 is 9.47 Å². The number of hydrogen-bond acceptors (Lipinski definition) is 6. The van der Waals surface area contributed by atoms with Crippen molar-refractivity contribution in [3.8, 4) is 11.5 Å². The summed E-state index contributed by atoms with van der Waals surface area (Å²) < 4.78 is 11.7. The van der Waals surface area contributed by atoms with Crippen LogP contribution in [0.5, 0.6) is 11.5 Å². The number of hydrogen-bond donors (Lipinski definition) is 1. The summed E-state index contributed by atoms with van der Waals surface area (Å²) in [5, 5.41) is 11.0. The van der Waals surface area contributed by atoms with Crippen LogP contribution in [-0.2, 0) is 14.4 Å². The van der Waals surface area contributed by atoms with Crippen LogP contribution in [0.3, 0.4) is 0 Å². The minimum atomic E-state index is -0.713. The highest BCUT2D eigenvalue weighted by atomic mass is 16.6. The van der Waals surface area contributed by atoms with Gasteiger partial charge in [0, 0.05) is 5.92 Å². The molecule has 4 saturated carbocycles. The number of fused-ring (bicyclic) bond motifs is 7. The SMILES string of the molecule is COc1cc(/C=C/C(C)=O)ccc1OC(=O)[C@@]1(C)CC[C@]2(C)CC[C@]3(C)C(=CC(=O)[C@@H]4[C@@]5(C)CC[C@H](O)C(C)(C)[C@@H]5CC[C@]43C)[C@@H]2C1. The highest BCUT2D eigenvalue weighted by Crippen LogP contribution is 2.75. The van der Waals surface area contributed by atoms with Gasteiger partial charge in [-0.05, 0) is 140 Å². The van der Waals surface area contributed by atoms with E-state index in [0.29, 0.717) is 23.8 Å². The molecule has 0 spiro atoms. The molecular formula is C41H56O6. The Kier molecular flexibility index (Phi) is 8.10. The van der Waals surface area contributed by atoms with Gasteiger partial charge in [0.2, 0.25) is 0 Å². The third kappa shape index (κ3) is 5.01. The van der Waals surface area contributed by atoms with E-state index in [1.165, 1.54) is 18.6 Å². The van der Waals surface area contributed by atoms with Crippen molar-refractivity contribution in [2.24, 2.45) is 50.2 Å². The minimum Gasteiger partial charge on any atom is -0.493 e. The number of ether oxygens (including phenoxy) is 2. The number of carbonyl (C=O) groups is 3.